The number of ether oxygens (including phenoxy) is 2. The van der Waals surface area contributed by atoms with Crippen LogP contribution in [0.1, 0.15) is 24.9 Å². The minimum absolute atomic E-state index is 0.120. The van der Waals surface area contributed by atoms with E-state index in [1.54, 1.807) is 14.2 Å². The largest absolute Gasteiger partial charge is 0.497 e. The van der Waals surface area contributed by atoms with Crippen molar-refractivity contribution in [2.75, 3.05) is 38.9 Å². The van der Waals surface area contributed by atoms with E-state index in [1.165, 1.54) is 0 Å². The van der Waals surface area contributed by atoms with Crippen LogP contribution in [0.15, 0.2) is 24.3 Å². The minimum atomic E-state index is -0.834. The van der Waals surface area contributed by atoms with Crippen LogP contribution in [0.2, 0.25) is 0 Å². The zero-order valence-corrected chi connectivity index (χ0v) is 13.4. The highest BCUT2D eigenvalue weighted by atomic mass is 32.2. The van der Waals surface area contributed by atoms with Gasteiger partial charge in [0.2, 0.25) is 0 Å². The molecular weight excluding hydrogens is 274 g/mol. The Morgan fingerprint density at radius 1 is 1.25 bits per heavy atom. The second-order valence-electron chi connectivity index (χ2n) is 4.54. The molecule has 0 bridgehead atoms. The van der Waals surface area contributed by atoms with Crippen molar-refractivity contribution in [2.45, 2.75) is 19.4 Å². The topological polar surface area (TPSA) is 47.6 Å². The molecule has 2 atom stereocenters. The Morgan fingerprint density at radius 3 is 2.50 bits per heavy atom. The lowest BCUT2D eigenvalue weighted by Crippen LogP contribution is -2.27. The van der Waals surface area contributed by atoms with Gasteiger partial charge in [0.25, 0.3) is 0 Å². The van der Waals surface area contributed by atoms with E-state index in [9.17, 15) is 4.21 Å². The van der Waals surface area contributed by atoms with Gasteiger partial charge in [0, 0.05) is 42.1 Å². The lowest BCUT2D eigenvalue weighted by molar-refractivity contribution is 0.200. The highest BCUT2D eigenvalue weighted by Gasteiger charge is 2.14. The summed E-state index contributed by atoms with van der Waals surface area (Å²) in [5.74, 6) is 2.15. The number of hydrogen-bond donors (Lipinski definition) is 1. The second-order valence-corrected chi connectivity index (χ2v) is 6.16. The van der Waals surface area contributed by atoms with Crippen LogP contribution in [0, 0.1) is 0 Å². The highest BCUT2D eigenvalue weighted by Crippen LogP contribution is 2.18. The van der Waals surface area contributed by atoms with Gasteiger partial charge in [0.1, 0.15) is 5.75 Å². The van der Waals surface area contributed by atoms with E-state index in [1.807, 2.05) is 24.3 Å². The summed E-state index contributed by atoms with van der Waals surface area (Å²) in [6.45, 7) is 3.58. The maximum absolute atomic E-state index is 12.1. The Bertz CT molecular complexity index is 395. The van der Waals surface area contributed by atoms with E-state index in [0.717, 1.165) is 24.3 Å². The molecule has 0 saturated heterocycles. The summed E-state index contributed by atoms with van der Waals surface area (Å²) >= 11 is 0. The average molecular weight is 299 g/mol. The van der Waals surface area contributed by atoms with Crippen LogP contribution in [-0.4, -0.2) is 43.1 Å². The first-order valence-electron chi connectivity index (χ1n) is 6.92. The monoisotopic (exact) mass is 299 g/mol. The molecule has 114 valence electrons. The normalized spacial score (nSPS) is 13.9. The Balaban J connectivity index is 2.60. The van der Waals surface area contributed by atoms with E-state index in [2.05, 4.69) is 12.2 Å². The Hall–Kier alpha value is -0.910. The predicted octanol–water partition coefficient (Wildman–Crippen LogP) is 2.13. The van der Waals surface area contributed by atoms with Crippen molar-refractivity contribution in [3.05, 3.63) is 29.8 Å². The molecule has 1 aromatic carbocycles. The Kier molecular flexibility index (Phi) is 8.49. The van der Waals surface area contributed by atoms with Gasteiger partial charge < -0.3 is 14.8 Å². The fourth-order valence-corrected chi connectivity index (χ4v) is 3.28. The molecule has 0 fully saturated rings. The molecule has 0 aliphatic heterocycles. The van der Waals surface area contributed by atoms with E-state index < -0.39 is 10.8 Å². The molecule has 0 aliphatic carbocycles. The average Bonchev–Trinajstić information content (AvgIpc) is 2.47. The lowest BCUT2D eigenvalue weighted by Gasteiger charge is -2.18. The van der Waals surface area contributed by atoms with Gasteiger partial charge in [-0.3, -0.25) is 4.21 Å². The second kappa shape index (κ2) is 9.91. The van der Waals surface area contributed by atoms with Crippen molar-refractivity contribution in [1.82, 2.24) is 5.32 Å². The summed E-state index contributed by atoms with van der Waals surface area (Å²) in [6, 6.07) is 8.05. The zero-order chi connectivity index (χ0) is 14.8. The molecule has 1 rings (SSSR count). The van der Waals surface area contributed by atoms with E-state index in [0.29, 0.717) is 18.1 Å². The van der Waals surface area contributed by atoms with Gasteiger partial charge in [0.15, 0.2) is 0 Å². The van der Waals surface area contributed by atoms with Gasteiger partial charge in [0.05, 0.1) is 7.11 Å². The number of hydrogen-bond acceptors (Lipinski definition) is 4. The molecule has 0 spiro atoms. The Labute approximate surface area is 124 Å². The standard InChI is InChI=1S/C15H25NO3S/c1-4-16-15(12-20(17)11-5-10-18-2)13-6-8-14(19-3)9-7-13/h6-9,15-16H,4-5,10-12H2,1-3H3. The maximum atomic E-state index is 12.1. The Morgan fingerprint density at radius 2 is 1.95 bits per heavy atom. The molecule has 0 saturated carbocycles. The summed E-state index contributed by atoms with van der Waals surface area (Å²) in [4.78, 5) is 0. The molecule has 2 unspecified atom stereocenters. The molecule has 0 amide bonds. The lowest BCUT2D eigenvalue weighted by atomic mass is 10.1. The summed E-state index contributed by atoms with van der Waals surface area (Å²) < 4.78 is 22.2. The van der Waals surface area contributed by atoms with Crippen LogP contribution >= 0.6 is 0 Å². The SMILES string of the molecule is CCNC(CS(=O)CCCOC)c1ccc(OC)cc1. The van der Waals surface area contributed by atoms with E-state index >= 15 is 0 Å². The van der Waals surface area contributed by atoms with Crippen molar-refractivity contribution >= 4 is 10.8 Å². The number of rotatable bonds is 10. The molecule has 0 aliphatic rings. The van der Waals surface area contributed by atoms with E-state index in [-0.39, 0.29) is 6.04 Å². The number of benzene rings is 1. The van der Waals surface area contributed by atoms with Gasteiger partial charge in [-0.1, -0.05) is 19.1 Å². The molecule has 1 N–H and O–H groups in total. The fraction of sp³-hybridized carbons (Fsp3) is 0.600. The highest BCUT2D eigenvalue weighted by molar-refractivity contribution is 7.85. The predicted molar refractivity (Wildman–Crippen MR) is 83.8 cm³/mol. The van der Waals surface area contributed by atoms with Crippen molar-refractivity contribution in [3.8, 4) is 5.75 Å². The first kappa shape index (κ1) is 17.1. The summed E-state index contributed by atoms with van der Waals surface area (Å²) in [5.41, 5.74) is 1.15. The summed E-state index contributed by atoms with van der Waals surface area (Å²) in [5, 5.41) is 3.39. The molecule has 0 heterocycles. The summed E-state index contributed by atoms with van der Waals surface area (Å²) in [6.07, 6.45) is 0.838. The third-order valence-corrected chi connectivity index (χ3v) is 4.49. The van der Waals surface area contributed by atoms with Crippen LogP contribution in [0.3, 0.4) is 0 Å². The first-order valence-corrected chi connectivity index (χ1v) is 8.41. The smallest absolute Gasteiger partial charge is 0.118 e. The fourth-order valence-electron chi connectivity index (χ4n) is 1.99. The third kappa shape index (κ3) is 6.03. The third-order valence-electron chi connectivity index (χ3n) is 3.04. The summed E-state index contributed by atoms with van der Waals surface area (Å²) in [7, 11) is 2.49. The van der Waals surface area contributed by atoms with Gasteiger partial charge >= 0.3 is 0 Å². The molecule has 20 heavy (non-hydrogen) atoms. The molecule has 5 heteroatoms. The maximum Gasteiger partial charge on any atom is 0.118 e. The first-order chi connectivity index (χ1) is 9.71. The van der Waals surface area contributed by atoms with Gasteiger partial charge in [-0.05, 0) is 30.7 Å². The van der Waals surface area contributed by atoms with Crippen molar-refractivity contribution < 1.29 is 13.7 Å². The van der Waals surface area contributed by atoms with Crippen molar-refractivity contribution in [1.29, 1.82) is 0 Å². The van der Waals surface area contributed by atoms with Crippen LogP contribution in [-0.2, 0) is 15.5 Å². The molecule has 4 nitrogen and oxygen atoms in total. The molecular formula is C15H25NO3S. The van der Waals surface area contributed by atoms with Gasteiger partial charge in [-0.25, -0.2) is 0 Å². The molecule has 1 aromatic rings. The van der Waals surface area contributed by atoms with Gasteiger partial charge in [-0.15, -0.1) is 0 Å². The van der Waals surface area contributed by atoms with Crippen LogP contribution in [0.4, 0.5) is 0 Å². The van der Waals surface area contributed by atoms with Crippen molar-refractivity contribution in [3.63, 3.8) is 0 Å². The zero-order valence-electron chi connectivity index (χ0n) is 12.6. The van der Waals surface area contributed by atoms with Crippen molar-refractivity contribution in [2.24, 2.45) is 0 Å². The van der Waals surface area contributed by atoms with E-state index in [4.69, 9.17) is 9.47 Å². The number of methoxy groups -OCH3 is 2. The van der Waals surface area contributed by atoms with Crippen LogP contribution < -0.4 is 10.1 Å². The number of nitrogens with one attached hydrogen (secondary N) is 1. The van der Waals surface area contributed by atoms with Crippen LogP contribution in [0.25, 0.3) is 0 Å². The molecule has 0 radical (unpaired) electrons. The minimum Gasteiger partial charge on any atom is -0.497 e. The van der Waals surface area contributed by atoms with Gasteiger partial charge in [-0.2, -0.15) is 0 Å². The quantitative estimate of drug-likeness (QED) is 0.672. The molecule has 0 aromatic heterocycles. The van der Waals surface area contributed by atoms with Crippen LogP contribution in [0.5, 0.6) is 5.75 Å².